The lowest BCUT2D eigenvalue weighted by Crippen LogP contribution is -2.24. The van der Waals surface area contributed by atoms with Crippen LogP contribution in [0.5, 0.6) is 5.75 Å². The summed E-state index contributed by atoms with van der Waals surface area (Å²) in [6.45, 7) is 1.92. The molecule has 0 atom stereocenters. The summed E-state index contributed by atoms with van der Waals surface area (Å²) in [5.41, 5.74) is 4.92. The molecule has 114 valence electrons. The minimum Gasteiger partial charge on any atom is -0.506 e. The number of nitrogens with zero attached hydrogens (tertiary/aromatic N) is 1. The molecule has 0 fully saturated rings. The molecule has 0 spiro atoms. The molecule has 3 N–H and O–H groups in total. The number of rotatable bonds is 3. The number of aromatic hydroxyl groups is 1. The Morgan fingerprint density at radius 1 is 1.23 bits per heavy atom. The topological polar surface area (TPSA) is 73.7 Å². The van der Waals surface area contributed by atoms with E-state index in [9.17, 15) is 9.90 Å². The molecule has 2 rings (SSSR count). The van der Waals surface area contributed by atoms with Crippen molar-refractivity contribution >= 4 is 63.1 Å². The van der Waals surface area contributed by atoms with Gasteiger partial charge in [-0.1, -0.05) is 18.2 Å². The maximum atomic E-state index is 11.8. The Morgan fingerprint density at radius 2 is 1.86 bits per heavy atom. The van der Waals surface area contributed by atoms with E-state index in [-0.39, 0.29) is 5.75 Å². The van der Waals surface area contributed by atoms with Crippen LogP contribution in [-0.4, -0.2) is 17.4 Å². The fraction of sp³-hybridized carbons (Fsp3) is 0.0667. The van der Waals surface area contributed by atoms with Gasteiger partial charge in [-0.05, 0) is 81.4 Å². The summed E-state index contributed by atoms with van der Waals surface area (Å²) in [6.07, 6.45) is 1.53. The van der Waals surface area contributed by atoms with Gasteiger partial charge >= 0.3 is 6.03 Å². The van der Waals surface area contributed by atoms with Gasteiger partial charge in [0.1, 0.15) is 5.75 Å². The third-order valence-corrected chi connectivity index (χ3v) is 4.46. The van der Waals surface area contributed by atoms with E-state index in [1.165, 1.54) is 6.21 Å². The summed E-state index contributed by atoms with van der Waals surface area (Å²) in [5.74, 6) is 0.253. The quantitative estimate of drug-likeness (QED) is 0.324. The van der Waals surface area contributed by atoms with Crippen LogP contribution in [0.3, 0.4) is 0 Å². The minimum absolute atomic E-state index is 0.253. The second kappa shape index (κ2) is 7.77. The number of amides is 2. The lowest BCUT2D eigenvalue weighted by atomic mass is 10.2. The number of phenols is 1. The van der Waals surface area contributed by atoms with Crippen molar-refractivity contribution in [1.29, 1.82) is 0 Å². The van der Waals surface area contributed by atoms with Gasteiger partial charge in [0.15, 0.2) is 0 Å². The number of carbonyl (C=O) groups excluding carboxylic acids is 1. The normalized spacial score (nSPS) is 10.7. The second-order valence-electron chi connectivity index (χ2n) is 4.47. The van der Waals surface area contributed by atoms with E-state index in [1.54, 1.807) is 12.1 Å². The molecule has 2 aromatic carbocycles. The first-order valence-electron chi connectivity index (χ1n) is 6.31. The van der Waals surface area contributed by atoms with E-state index in [2.05, 4.69) is 15.8 Å². The molecular weight excluding hydrogens is 508 g/mol. The van der Waals surface area contributed by atoms with Crippen LogP contribution in [0.15, 0.2) is 41.5 Å². The van der Waals surface area contributed by atoms with Gasteiger partial charge < -0.3 is 10.4 Å². The highest BCUT2D eigenvalue weighted by Gasteiger charge is 2.05. The van der Waals surface area contributed by atoms with Crippen molar-refractivity contribution < 1.29 is 9.90 Å². The van der Waals surface area contributed by atoms with E-state index >= 15 is 0 Å². The molecule has 2 aromatic rings. The maximum Gasteiger partial charge on any atom is 0.339 e. The maximum absolute atomic E-state index is 11.8. The molecule has 5 nitrogen and oxygen atoms in total. The molecular formula is C15H13I2N3O2. The summed E-state index contributed by atoms with van der Waals surface area (Å²) >= 11 is 4.09. The third kappa shape index (κ3) is 4.57. The molecule has 0 unspecified atom stereocenters. The van der Waals surface area contributed by atoms with Gasteiger partial charge in [0, 0.05) is 5.69 Å². The van der Waals surface area contributed by atoms with Gasteiger partial charge in [-0.2, -0.15) is 5.10 Å². The Labute approximate surface area is 155 Å². The lowest BCUT2D eigenvalue weighted by Gasteiger charge is -2.07. The summed E-state index contributed by atoms with van der Waals surface area (Å²) in [4.78, 5) is 11.8. The zero-order valence-electron chi connectivity index (χ0n) is 11.6. The zero-order valence-corrected chi connectivity index (χ0v) is 15.9. The Bertz CT molecular complexity index is 709. The number of aryl methyl sites for hydroxylation is 1. The molecule has 0 bridgehead atoms. The first kappa shape index (κ1) is 17.0. The van der Waals surface area contributed by atoms with Gasteiger partial charge in [-0.25, -0.2) is 10.2 Å². The van der Waals surface area contributed by atoms with Gasteiger partial charge in [0.05, 0.1) is 13.4 Å². The third-order valence-electron chi connectivity index (χ3n) is 2.81. The molecule has 2 amide bonds. The van der Waals surface area contributed by atoms with Crippen LogP contribution in [0.4, 0.5) is 10.5 Å². The first-order chi connectivity index (χ1) is 10.5. The first-order valence-corrected chi connectivity index (χ1v) is 8.47. The Balaban J connectivity index is 1.98. The molecule has 22 heavy (non-hydrogen) atoms. The van der Waals surface area contributed by atoms with Gasteiger partial charge in [-0.3, -0.25) is 0 Å². The summed E-state index contributed by atoms with van der Waals surface area (Å²) in [5, 5.41) is 16.3. The van der Waals surface area contributed by atoms with Crippen LogP contribution in [0.2, 0.25) is 0 Å². The summed E-state index contributed by atoms with van der Waals surface area (Å²) in [7, 11) is 0. The minimum atomic E-state index is -0.409. The predicted octanol–water partition coefficient (Wildman–Crippen LogP) is 4.07. The van der Waals surface area contributed by atoms with E-state index in [0.717, 1.165) is 24.0 Å². The number of nitrogens with one attached hydrogen (secondary N) is 2. The molecule has 0 aliphatic heterocycles. The number of hydrazone groups is 1. The molecule has 0 aliphatic carbocycles. The van der Waals surface area contributed by atoms with E-state index in [0.29, 0.717) is 0 Å². The van der Waals surface area contributed by atoms with Crippen molar-refractivity contribution in [3.63, 3.8) is 0 Å². The predicted molar refractivity (Wildman–Crippen MR) is 104 cm³/mol. The number of hydrogen-bond donors (Lipinski definition) is 3. The highest BCUT2D eigenvalue weighted by molar-refractivity contribution is 14.1. The largest absolute Gasteiger partial charge is 0.506 e. The number of carbonyl (C=O) groups is 1. The molecule has 0 saturated heterocycles. The van der Waals surface area contributed by atoms with Crippen molar-refractivity contribution in [3.05, 3.63) is 54.7 Å². The standard InChI is InChI=1S/C15H13I2N3O2/c1-9-4-2-3-5-13(9)19-15(22)20-18-8-10-6-11(16)14(21)12(17)7-10/h2-8,21H,1H3,(H2,19,20,22)/b18-8+. The van der Waals surface area contributed by atoms with Crippen LogP contribution in [0.25, 0.3) is 0 Å². The van der Waals surface area contributed by atoms with E-state index < -0.39 is 6.03 Å². The average Bonchev–Trinajstić information content (AvgIpc) is 2.47. The Hall–Kier alpha value is -1.36. The van der Waals surface area contributed by atoms with Crippen molar-refractivity contribution in [3.8, 4) is 5.75 Å². The second-order valence-corrected chi connectivity index (χ2v) is 6.80. The molecule has 0 aliphatic rings. The smallest absolute Gasteiger partial charge is 0.339 e. The Morgan fingerprint density at radius 3 is 2.50 bits per heavy atom. The fourth-order valence-electron chi connectivity index (χ4n) is 1.69. The summed E-state index contributed by atoms with van der Waals surface area (Å²) in [6, 6.07) is 10.7. The van der Waals surface area contributed by atoms with Crippen LogP contribution in [-0.2, 0) is 0 Å². The number of halogens is 2. The summed E-state index contributed by atoms with van der Waals surface area (Å²) < 4.78 is 1.46. The highest BCUT2D eigenvalue weighted by Crippen LogP contribution is 2.26. The van der Waals surface area contributed by atoms with Gasteiger partial charge in [0.2, 0.25) is 0 Å². The zero-order chi connectivity index (χ0) is 16.1. The van der Waals surface area contributed by atoms with Crippen LogP contribution >= 0.6 is 45.2 Å². The average molecular weight is 521 g/mol. The highest BCUT2D eigenvalue weighted by atomic mass is 127. The Kier molecular flexibility index (Phi) is 6.00. The van der Waals surface area contributed by atoms with Crippen molar-refractivity contribution in [1.82, 2.24) is 5.43 Å². The van der Waals surface area contributed by atoms with Crippen molar-refractivity contribution in [2.24, 2.45) is 5.10 Å². The molecule has 0 radical (unpaired) electrons. The molecule has 7 heteroatoms. The van der Waals surface area contributed by atoms with Gasteiger partial charge in [0.25, 0.3) is 0 Å². The number of hydrogen-bond acceptors (Lipinski definition) is 3. The SMILES string of the molecule is Cc1ccccc1NC(=O)N/N=C/c1cc(I)c(O)c(I)c1. The molecule has 0 aromatic heterocycles. The van der Waals surface area contributed by atoms with Crippen LogP contribution in [0, 0.1) is 14.1 Å². The van der Waals surface area contributed by atoms with E-state index in [4.69, 9.17) is 0 Å². The van der Waals surface area contributed by atoms with Crippen molar-refractivity contribution in [2.45, 2.75) is 6.92 Å². The number of urea groups is 1. The van der Waals surface area contributed by atoms with Gasteiger partial charge in [-0.15, -0.1) is 0 Å². The molecule has 0 heterocycles. The molecule has 0 saturated carbocycles. The number of para-hydroxylation sites is 1. The monoisotopic (exact) mass is 521 g/mol. The number of phenolic OH excluding ortho intramolecular Hbond substituents is 1. The lowest BCUT2D eigenvalue weighted by molar-refractivity contribution is 0.252. The fourth-order valence-corrected chi connectivity index (χ4v) is 3.50. The van der Waals surface area contributed by atoms with Crippen molar-refractivity contribution in [2.75, 3.05) is 5.32 Å². The van der Waals surface area contributed by atoms with Crippen LogP contribution in [0.1, 0.15) is 11.1 Å². The number of benzene rings is 2. The van der Waals surface area contributed by atoms with E-state index in [1.807, 2.05) is 76.4 Å². The number of anilines is 1. The van der Waals surface area contributed by atoms with Crippen LogP contribution < -0.4 is 10.7 Å².